The Bertz CT molecular complexity index is 424. The van der Waals surface area contributed by atoms with E-state index in [1.54, 1.807) is 18.7 Å². The van der Waals surface area contributed by atoms with Gasteiger partial charge >= 0.3 is 0 Å². The summed E-state index contributed by atoms with van der Waals surface area (Å²) in [5, 5.41) is 5.57. The highest BCUT2D eigenvalue weighted by atomic mass is 32.2. The Morgan fingerprint density at radius 1 is 1.53 bits per heavy atom. The van der Waals surface area contributed by atoms with Gasteiger partial charge in [-0.05, 0) is 26.5 Å². The maximum absolute atomic E-state index is 12.2. The summed E-state index contributed by atoms with van der Waals surface area (Å²) in [6.07, 6.45) is 2.47. The van der Waals surface area contributed by atoms with Crippen LogP contribution in [0.2, 0.25) is 0 Å². The minimum atomic E-state index is -0.855. The summed E-state index contributed by atoms with van der Waals surface area (Å²) in [4.78, 5) is 37.6. The molecule has 2 unspecified atom stereocenters. The molecule has 0 aromatic heterocycles. The highest BCUT2D eigenvalue weighted by Crippen LogP contribution is 2.26. The van der Waals surface area contributed by atoms with E-state index in [-0.39, 0.29) is 23.8 Å². The third kappa shape index (κ3) is 2.56. The van der Waals surface area contributed by atoms with Crippen molar-refractivity contribution in [2.75, 3.05) is 18.6 Å². The van der Waals surface area contributed by atoms with Crippen LogP contribution in [-0.2, 0) is 14.4 Å². The minimum absolute atomic E-state index is 0.0845. The number of hydrogen-bond donors (Lipinski definition) is 2. The van der Waals surface area contributed by atoms with E-state index in [0.29, 0.717) is 18.7 Å². The molecular formula is C12H19N3O3S. The van der Waals surface area contributed by atoms with Gasteiger partial charge in [-0.1, -0.05) is 0 Å². The number of thioether (sulfide) groups is 1. The molecule has 0 aromatic carbocycles. The van der Waals surface area contributed by atoms with Crippen molar-refractivity contribution in [2.24, 2.45) is 0 Å². The lowest BCUT2D eigenvalue weighted by Crippen LogP contribution is -2.69. The number of carbonyl (C=O) groups is 3. The molecule has 0 spiro atoms. The van der Waals surface area contributed by atoms with Crippen molar-refractivity contribution < 1.29 is 14.4 Å². The third-order valence-corrected chi connectivity index (χ3v) is 4.07. The molecule has 19 heavy (non-hydrogen) atoms. The van der Waals surface area contributed by atoms with Crippen LogP contribution in [0.15, 0.2) is 0 Å². The molecule has 0 saturated carbocycles. The molecule has 0 aliphatic carbocycles. The fraction of sp³-hybridized carbons (Fsp3) is 0.750. The zero-order chi connectivity index (χ0) is 14.2. The van der Waals surface area contributed by atoms with Gasteiger partial charge in [0, 0.05) is 6.54 Å². The van der Waals surface area contributed by atoms with Crippen LogP contribution in [0.1, 0.15) is 20.3 Å². The van der Waals surface area contributed by atoms with Crippen molar-refractivity contribution in [1.29, 1.82) is 0 Å². The van der Waals surface area contributed by atoms with Crippen molar-refractivity contribution in [3.63, 3.8) is 0 Å². The molecule has 2 atom stereocenters. The van der Waals surface area contributed by atoms with Crippen molar-refractivity contribution in [3.05, 3.63) is 0 Å². The molecule has 2 rings (SSSR count). The lowest BCUT2D eigenvalue weighted by atomic mass is 9.96. The number of carbonyl (C=O) groups excluding carboxylic acids is 3. The fourth-order valence-electron chi connectivity index (χ4n) is 2.67. The number of hydrogen-bond acceptors (Lipinski definition) is 4. The van der Waals surface area contributed by atoms with E-state index in [0.717, 1.165) is 0 Å². The van der Waals surface area contributed by atoms with E-state index >= 15 is 0 Å². The van der Waals surface area contributed by atoms with E-state index in [9.17, 15) is 14.4 Å². The number of nitrogens with one attached hydrogen (secondary N) is 2. The van der Waals surface area contributed by atoms with Crippen LogP contribution >= 0.6 is 11.8 Å². The van der Waals surface area contributed by atoms with Gasteiger partial charge < -0.3 is 15.5 Å². The molecule has 6 nitrogen and oxygen atoms in total. The zero-order valence-corrected chi connectivity index (χ0v) is 12.2. The standard InChI is InChI=1S/C12H19N3O3S/c1-12(2)11(18)15-5-4-7(9(15)10(17)14-12)13-8(16)6-19-3/h7,9H,4-6H2,1-3H3,(H,13,16)(H,14,17). The first kappa shape index (κ1) is 14.2. The van der Waals surface area contributed by atoms with Gasteiger partial charge in [0.25, 0.3) is 0 Å². The maximum Gasteiger partial charge on any atom is 0.248 e. The van der Waals surface area contributed by atoms with Crippen LogP contribution in [0.4, 0.5) is 0 Å². The van der Waals surface area contributed by atoms with E-state index in [1.165, 1.54) is 11.8 Å². The Balaban J connectivity index is 2.11. The van der Waals surface area contributed by atoms with Crippen LogP contribution in [-0.4, -0.2) is 58.8 Å². The Morgan fingerprint density at radius 2 is 2.21 bits per heavy atom. The first-order chi connectivity index (χ1) is 8.86. The summed E-state index contributed by atoms with van der Waals surface area (Å²) < 4.78 is 0. The van der Waals surface area contributed by atoms with Crippen LogP contribution in [0.25, 0.3) is 0 Å². The van der Waals surface area contributed by atoms with Crippen LogP contribution in [0, 0.1) is 0 Å². The molecule has 3 amide bonds. The molecule has 2 aliphatic heterocycles. The molecule has 2 fully saturated rings. The van der Waals surface area contributed by atoms with Crippen molar-refractivity contribution >= 4 is 29.5 Å². The van der Waals surface area contributed by atoms with Crippen molar-refractivity contribution in [1.82, 2.24) is 15.5 Å². The Kier molecular flexibility index (Phi) is 3.75. The monoisotopic (exact) mass is 285 g/mol. The third-order valence-electron chi connectivity index (χ3n) is 3.52. The van der Waals surface area contributed by atoms with E-state index in [1.807, 2.05) is 6.26 Å². The molecule has 2 saturated heterocycles. The second kappa shape index (κ2) is 5.03. The lowest BCUT2D eigenvalue weighted by Gasteiger charge is -2.40. The Morgan fingerprint density at radius 3 is 2.84 bits per heavy atom. The highest BCUT2D eigenvalue weighted by Gasteiger charge is 2.51. The predicted octanol–water partition coefficient (Wildman–Crippen LogP) is -0.656. The Labute approximate surface area is 116 Å². The summed E-state index contributed by atoms with van der Waals surface area (Å²) in [5.41, 5.74) is -0.855. The van der Waals surface area contributed by atoms with Gasteiger partial charge in [0.15, 0.2) is 0 Å². The van der Waals surface area contributed by atoms with Gasteiger partial charge in [-0.15, -0.1) is 0 Å². The lowest BCUT2D eigenvalue weighted by molar-refractivity contribution is -0.151. The largest absolute Gasteiger partial charge is 0.350 e. The number of fused-ring (bicyclic) bond motifs is 1. The van der Waals surface area contributed by atoms with Crippen LogP contribution < -0.4 is 10.6 Å². The maximum atomic E-state index is 12.2. The topological polar surface area (TPSA) is 78.5 Å². The van der Waals surface area contributed by atoms with Gasteiger partial charge in [0.2, 0.25) is 17.7 Å². The van der Waals surface area contributed by atoms with Gasteiger partial charge in [-0.2, -0.15) is 11.8 Å². The molecule has 106 valence electrons. The molecule has 2 heterocycles. The first-order valence-electron chi connectivity index (χ1n) is 6.28. The summed E-state index contributed by atoms with van der Waals surface area (Å²) in [6.45, 7) is 3.91. The summed E-state index contributed by atoms with van der Waals surface area (Å²) in [5.74, 6) is 0.00397. The number of nitrogens with zero attached hydrogens (tertiary/aromatic N) is 1. The normalized spacial score (nSPS) is 28.9. The van der Waals surface area contributed by atoms with Crippen LogP contribution in [0.5, 0.6) is 0 Å². The molecule has 2 aliphatic rings. The molecule has 0 aromatic rings. The van der Waals surface area contributed by atoms with Gasteiger partial charge in [-0.3, -0.25) is 14.4 Å². The predicted molar refractivity (Wildman–Crippen MR) is 72.7 cm³/mol. The molecule has 0 radical (unpaired) electrons. The van der Waals surface area contributed by atoms with Gasteiger partial charge in [0.1, 0.15) is 11.6 Å². The summed E-state index contributed by atoms with van der Waals surface area (Å²) >= 11 is 1.43. The molecule has 2 N–H and O–H groups in total. The molecule has 0 bridgehead atoms. The number of piperazine rings is 1. The quantitative estimate of drug-likeness (QED) is 0.722. The SMILES string of the molecule is CSCC(=O)NC1CCN2C(=O)C(C)(C)NC(=O)C12. The van der Waals surface area contributed by atoms with Crippen molar-refractivity contribution in [3.8, 4) is 0 Å². The average molecular weight is 285 g/mol. The first-order valence-corrected chi connectivity index (χ1v) is 7.67. The Hall–Kier alpha value is -1.24. The second-order valence-electron chi connectivity index (χ2n) is 5.45. The summed E-state index contributed by atoms with van der Waals surface area (Å²) in [7, 11) is 0. The number of amides is 3. The van der Waals surface area contributed by atoms with E-state index in [4.69, 9.17) is 0 Å². The highest BCUT2D eigenvalue weighted by molar-refractivity contribution is 7.99. The minimum Gasteiger partial charge on any atom is -0.350 e. The van der Waals surface area contributed by atoms with Gasteiger partial charge in [-0.25, -0.2) is 0 Å². The molecular weight excluding hydrogens is 266 g/mol. The average Bonchev–Trinajstić information content (AvgIpc) is 2.70. The molecule has 7 heteroatoms. The summed E-state index contributed by atoms with van der Waals surface area (Å²) in [6, 6.07) is -0.842. The number of rotatable bonds is 3. The van der Waals surface area contributed by atoms with Gasteiger partial charge in [0.05, 0.1) is 11.8 Å². The zero-order valence-electron chi connectivity index (χ0n) is 11.4. The van der Waals surface area contributed by atoms with E-state index in [2.05, 4.69) is 10.6 Å². The second-order valence-corrected chi connectivity index (χ2v) is 6.32. The fourth-order valence-corrected chi connectivity index (χ4v) is 3.02. The van der Waals surface area contributed by atoms with E-state index < -0.39 is 11.6 Å². The van der Waals surface area contributed by atoms with Crippen molar-refractivity contribution in [2.45, 2.75) is 37.9 Å². The van der Waals surface area contributed by atoms with Crippen LogP contribution in [0.3, 0.4) is 0 Å². The smallest absolute Gasteiger partial charge is 0.248 e.